The Balaban J connectivity index is 1.73. The summed E-state index contributed by atoms with van der Waals surface area (Å²) in [5.41, 5.74) is 2.28. The van der Waals surface area contributed by atoms with Crippen LogP contribution in [0.1, 0.15) is 23.1 Å². The van der Waals surface area contributed by atoms with Gasteiger partial charge in [-0.15, -0.1) is 5.10 Å². The summed E-state index contributed by atoms with van der Waals surface area (Å²) >= 11 is 0. The predicted octanol–water partition coefficient (Wildman–Crippen LogP) is 3.53. The Kier molecular flexibility index (Phi) is 5.43. The first-order valence-electron chi connectivity index (χ1n) is 9.75. The van der Waals surface area contributed by atoms with Gasteiger partial charge in [0.15, 0.2) is 0 Å². The van der Waals surface area contributed by atoms with Crippen LogP contribution in [0.25, 0.3) is 22.7 Å². The quantitative estimate of drug-likeness (QED) is 0.513. The first kappa shape index (κ1) is 21.2. The molecule has 0 aliphatic rings. The minimum atomic E-state index is -0.866. The molecule has 0 saturated heterocycles. The summed E-state index contributed by atoms with van der Waals surface area (Å²) in [5.74, 6) is -2.87. The van der Waals surface area contributed by atoms with E-state index in [0.29, 0.717) is 23.2 Å². The zero-order valence-corrected chi connectivity index (χ0v) is 17.5. The van der Waals surface area contributed by atoms with Crippen molar-refractivity contribution in [2.24, 2.45) is 14.1 Å². The Morgan fingerprint density at radius 2 is 1.88 bits per heavy atom. The van der Waals surface area contributed by atoms with Gasteiger partial charge in [0.05, 0.1) is 11.3 Å². The van der Waals surface area contributed by atoms with Crippen molar-refractivity contribution < 1.29 is 18.0 Å². The maximum atomic E-state index is 13.9. The lowest BCUT2D eigenvalue weighted by atomic mass is 10.1. The monoisotopic (exact) mass is 439 g/mol. The minimum absolute atomic E-state index is 0.121. The Morgan fingerprint density at radius 1 is 1.16 bits per heavy atom. The molecule has 10 heteroatoms. The summed E-state index contributed by atoms with van der Waals surface area (Å²) < 4.78 is 35.7. The molecule has 0 unspecified atom stereocenters. The van der Waals surface area contributed by atoms with Crippen LogP contribution in [0.4, 0.5) is 14.5 Å². The number of halogens is 2. The molecule has 0 aliphatic carbocycles. The van der Waals surface area contributed by atoms with Gasteiger partial charge in [-0.05, 0) is 36.8 Å². The van der Waals surface area contributed by atoms with Crippen molar-refractivity contribution in [2.45, 2.75) is 13.3 Å². The second kappa shape index (κ2) is 8.22. The molecule has 3 aromatic heterocycles. The van der Waals surface area contributed by atoms with Gasteiger partial charge < -0.3 is 14.3 Å². The number of nitrogens with zero attached hydrogens (tertiary/aromatic N) is 4. The molecule has 4 rings (SSSR count). The molecular formula is C22H19F2N5O3. The Labute approximate surface area is 181 Å². The predicted molar refractivity (Wildman–Crippen MR) is 113 cm³/mol. The molecule has 0 aliphatic heterocycles. The summed E-state index contributed by atoms with van der Waals surface area (Å²) in [6.45, 7) is 1.93. The van der Waals surface area contributed by atoms with Gasteiger partial charge in [-0.3, -0.25) is 9.78 Å². The van der Waals surface area contributed by atoms with Crippen LogP contribution in [0, 0.1) is 11.6 Å². The van der Waals surface area contributed by atoms with E-state index in [2.05, 4.69) is 15.4 Å². The summed E-state index contributed by atoms with van der Waals surface area (Å²) in [6.07, 6.45) is 2.17. The van der Waals surface area contributed by atoms with Gasteiger partial charge in [0.1, 0.15) is 23.0 Å². The normalized spacial score (nSPS) is 11.0. The number of aromatic nitrogens is 4. The van der Waals surface area contributed by atoms with Gasteiger partial charge >= 0.3 is 5.76 Å². The van der Waals surface area contributed by atoms with Crippen molar-refractivity contribution in [1.82, 2.24) is 19.3 Å². The maximum Gasteiger partial charge on any atom is 0.437 e. The van der Waals surface area contributed by atoms with Crippen LogP contribution in [0.15, 0.2) is 51.8 Å². The molecule has 4 aromatic rings. The van der Waals surface area contributed by atoms with Gasteiger partial charge in [-0.1, -0.05) is 13.0 Å². The lowest BCUT2D eigenvalue weighted by Gasteiger charge is -2.12. The fourth-order valence-electron chi connectivity index (χ4n) is 3.38. The summed E-state index contributed by atoms with van der Waals surface area (Å²) in [6, 6.07) is 8.38. The smallest absolute Gasteiger partial charge is 0.388 e. The highest BCUT2D eigenvalue weighted by Gasteiger charge is 2.20. The fourth-order valence-corrected chi connectivity index (χ4v) is 3.38. The second-order valence-corrected chi connectivity index (χ2v) is 7.08. The molecule has 3 heterocycles. The number of hydrogen-bond acceptors (Lipinski definition) is 5. The van der Waals surface area contributed by atoms with Crippen molar-refractivity contribution >= 4 is 11.6 Å². The van der Waals surface area contributed by atoms with Crippen molar-refractivity contribution in [3.63, 3.8) is 0 Å². The van der Waals surface area contributed by atoms with E-state index in [1.54, 1.807) is 36.0 Å². The molecule has 1 amide bonds. The molecule has 0 saturated carbocycles. The summed E-state index contributed by atoms with van der Waals surface area (Å²) in [5, 5.41) is 6.33. The SMILES string of the molecule is CCc1ncc(-c2nn(C)c(=O)o2)cc1-c1ccc(C(=O)Nc2c(F)cccc2F)n1C. The van der Waals surface area contributed by atoms with Crippen molar-refractivity contribution in [3.8, 4) is 22.7 Å². The van der Waals surface area contributed by atoms with Crippen LogP contribution >= 0.6 is 0 Å². The fraction of sp³-hybridized carbons (Fsp3) is 0.182. The van der Waals surface area contributed by atoms with Gasteiger partial charge in [0.2, 0.25) is 0 Å². The third-order valence-corrected chi connectivity index (χ3v) is 5.07. The van der Waals surface area contributed by atoms with Crippen LogP contribution in [0.2, 0.25) is 0 Å². The van der Waals surface area contributed by atoms with E-state index in [1.807, 2.05) is 6.92 Å². The largest absolute Gasteiger partial charge is 0.437 e. The number of hydrogen-bond donors (Lipinski definition) is 1. The standard InChI is InChI=1S/C22H19F2N5O3/c1-4-16-13(10-12(11-25-16)21-27-29(3)22(31)32-21)17-8-9-18(28(17)2)20(30)26-19-14(23)6-5-7-15(19)24/h5-11H,4H2,1-3H3,(H,26,30). The number of benzene rings is 1. The number of para-hydroxylation sites is 1. The van der Waals surface area contributed by atoms with Gasteiger partial charge in [-0.2, -0.15) is 4.68 Å². The zero-order chi connectivity index (χ0) is 23.0. The molecule has 0 bridgehead atoms. The molecule has 8 nitrogen and oxygen atoms in total. The molecule has 1 N–H and O–H groups in total. The summed E-state index contributed by atoms with van der Waals surface area (Å²) in [4.78, 5) is 28.8. The highest BCUT2D eigenvalue weighted by molar-refractivity contribution is 6.04. The topological polar surface area (TPSA) is 95.0 Å². The van der Waals surface area contributed by atoms with E-state index in [0.717, 1.165) is 22.5 Å². The average Bonchev–Trinajstić information content (AvgIpc) is 3.32. The highest BCUT2D eigenvalue weighted by Crippen LogP contribution is 2.29. The molecule has 0 radical (unpaired) electrons. The number of carbonyl (C=O) groups excluding carboxylic acids is 1. The van der Waals surface area contributed by atoms with Crippen molar-refractivity contribution in [1.29, 1.82) is 0 Å². The van der Waals surface area contributed by atoms with E-state index in [9.17, 15) is 18.4 Å². The number of carbonyl (C=O) groups is 1. The van der Waals surface area contributed by atoms with Crippen LogP contribution in [-0.4, -0.2) is 25.2 Å². The van der Waals surface area contributed by atoms with E-state index in [-0.39, 0.29) is 11.6 Å². The van der Waals surface area contributed by atoms with Gasteiger partial charge in [0.25, 0.3) is 11.8 Å². The molecule has 0 atom stereocenters. The van der Waals surface area contributed by atoms with Crippen LogP contribution in [-0.2, 0) is 20.5 Å². The van der Waals surface area contributed by atoms with E-state index < -0.39 is 29.0 Å². The third-order valence-electron chi connectivity index (χ3n) is 5.07. The number of rotatable bonds is 5. The lowest BCUT2D eigenvalue weighted by Crippen LogP contribution is -2.17. The van der Waals surface area contributed by atoms with Crippen molar-refractivity contribution in [2.75, 3.05) is 5.32 Å². The Morgan fingerprint density at radius 3 is 2.50 bits per heavy atom. The van der Waals surface area contributed by atoms with Crippen molar-refractivity contribution in [3.05, 3.63) is 76.2 Å². The average molecular weight is 439 g/mol. The van der Waals surface area contributed by atoms with E-state index >= 15 is 0 Å². The first-order chi connectivity index (χ1) is 15.3. The molecular weight excluding hydrogens is 420 g/mol. The molecule has 0 spiro atoms. The van der Waals surface area contributed by atoms with Gasteiger partial charge in [-0.25, -0.2) is 13.6 Å². The number of pyridine rings is 1. The Bertz CT molecular complexity index is 1370. The Hall–Kier alpha value is -4.08. The molecule has 1 aromatic carbocycles. The first-order valence-corrected chi connectivity index (χ1v) is 9.75. The molecule has 164 valence electrons. The number of anilines is 1. The minimum Gasteiger partial charge on any atom is -0.388 e. The van der Waals surface area contributed by atoms with Gasteiger partial charge in [0, 0.05) is 31.5 Å². The maximum absolute atomic E-state index is 13.9. The van der Waals surface area contributed by atoms with Crippen LogP contribution in [0.5, 0.6) is 0 Å². The van der Waals surface area contributed by atoms with Crippen LogP contribution in [0.3, 0.4) is 0 Å². The zero-order valence-electron chi connectivity index (χ0n) is 17.5. The lowest BCUT2D eigenvalue weighted by molar-refractivity contribution is 0.101. The number of nitrogens with one attached hydrogen (secondary N) is 1. The van der Waals surface area contributed by atoms with Crippen LogP contribution < -0.4 is 11.1 Å². The second-order valence-electron chi connectivity index (χ2n) is 7.08. The molecule has 0 fully saturated rings. The number of aryl methyl sites for hydroxylation is 2. The van der Waals surface area contributed by atoms with E-state index in [4.69, 9.17) is 4.42 Å². The molecule has 32 heavy (non-hydrogen) atoms. The summed E-state index contributed by atoms with van der Waals surface area (Å²) in [7, 11) is 3.14. The van der Waals surface area contributed by atoms with E-state index in [1.165, 1.54) is 13.1 Å². The highest BCUT2D eigenvalue weighted by atomic mass is 19.1. The third kappa shape index (κ3) is 3.70. The number of amides is 1.